The van der Waals surface area contributed by atoms with Crippen LogP contribution in [0, 0.1) is 0 Å². The maximum atomic E-state index is 12.1. The number of phenols is 1. The van der Waals surface area contributed by atoms with E-state index in [4.69, 9.17) is 4.74 Å². The first-order valence-electron chi connectivity index (χ1n) is 6.23. The highest BCUT2D eigenvalue weighted by atomic mass is 16.5. The Morgan fingerprint density at radius 3 is 2.53 bits per heavy atom. The normalized spacial score (nSPS) is 10.2. The van der Waals surface area contributed by atoms with Crippen LogP contribution in [0.2, 0.25) is 0 Å². The summed E-state index contributed by atoms with van der Waals surface area (Å²) < 4.78 is 5.27. The minimum absolute atomic E-state index is 0.0353. The third-order valence-electron chi connectivity index (χ3n) is 2.79. The number of carbonyl (C=O) groups excluding carboxylic acids is 1. The van der Waals surface area contributed by atoms with Gasteiger partial charge in [-0.1, -0.05) is 30.3 Å². The summed E-state index contributed by atoms with van der Waals surface area (Å²) >= 11 is 0. The van der Waals surface area contributed by atoms with E-state index in [1.165, 1.54) is 6.07 Å². The molecular weight excluding hydrogens is 240 g/mol. The van der Waals surface area contributed by atoms with Crippen molar-refractivity contribution in [3.05, 3.63) is 59.7 Å². The molecule has 3 heteroatoms. The van der Waals surface area contributed by atoms with Crippen LogP contribution in [-0.2, 0) is 6.42 Å². The molecule has 0 bridgehead atoms. The van der Waals surface area contributed by atoms with Crippen molar-refractivity contribution in [2.24, 2.45) is 0 Å². The van der Waals surface area contributed by atoms with Crippen LogP contribution in [0.5, 0.6) is 11.5 Å². The van der Waals surface area contributed by atoms with Crippen molar-refractivity contribution >= 4 is 5.78 Å². The van der Waals surface area contributed by atoms with Crippen molar-refractivity contribution in [3.8, 4) is 11.5 Å². The molecular formula is C16H16O3. The van der Waals surface area contributed by atoms with E-state index in [1.807, 2.05) is 37.3 Å². The van der Waals surface area contributed by atoms with Crippen LogP contribution in [0.4, 0.5) is 0 Å². The summed E-state index contributed by atoms with van der Waals surface area (Å²) in [7, 11) is 0. The van der Waals surface area contributed by atoms with Crippen LogP contribution in [-0.4, -0.2) is 17.5 Å². The third-order valence-corrected chi connectivity index (χ3v) is 2.79. The van der Waals surface area contributed by atoms with Gasteiger partial charge in [-0.25, -0.2) is 0 Å². The first-order chi connectivity index (χ1) is 9.20. The van der Waals surface area contributed by atoms with E-state index >= 15 is 0 Å². The van der Waals surface area contributed by atoms with E-state index < -0.39 is 0 Å². The van der Waals surface area contributed by atoms with Crippen LogP contribution in [0.15, 0.2) is 48.5 Å². The molecule has 0 spiro atoms. The fourth-order valence-electron chi connectivity index (χ4n) is 1.88. The van der Waals surface area contributed by atoms with Gasteiger partial charge < -0.3 is 9.84 Å². The third kappa shape index (κ3) is 3.35. The lowest BCUT2D eigenvalue weighted by Gasteiger charge is -2.07. The lowest BCUT2D eigenvalue weighted by atomic mass is 10.0. The van der Waals surface area contributed by atoms with Gasteiger partial charge in [0.05, 0.1) is 12.2 Å². The van der Waals surface area contributed by atoms with E-state index in [-0.39, 0.29) is 18.0 Å². The molecule has 0 amide bonds. The Hall–Kier alpha value is -2.29. The van der Waals surface area contributed by atoms with Crippen molar-refractivity contribution in [2.45, 2.75) is 13.3 Å². The predicted octanol–water partition coefficient (Wildman–Crippen LogP) is 3.22. The van der Waals surface area contributed by atoms with E-state index in [0.717, 1.165) is 5.56 Å². The highest BCUT2D eigenvalue weighted by Gasteiger charge is 2.12. The minimum atomic E-state index is -0.105. The quantitative estimate of drug-likeness (QED) is 0.835. The zero-order valence-electron chi connectivity index (χ0n) is 10.8. The molecule has 0 unspecified atom stereocenters. The molecule has 0 aromatic heterocycles. The van der Waals surface area contributed by atoms with E-state index in [0.29, 0.717) is 17.9 Å². The fraction of sp³-hybridized carbons (Fsp3) is 0.188. The number of carbonyl (C=O) groups is 1. The van der Waals surface area contributed by atoms with E-state index in [1.54, 1.807) is 12.1 Å². The zero-order valence-corrected chi connectivity index (χ0v) is 10.8. The summed E-state index contributed by atoms with van der Waals surface area (Å²) in [4.78, 5) is 12.1. The van der Waals surface area contributed by atoms with Gasteiger partial charge in [-0.3, -0.25) is 4.79 Å². The monoisotopic (exact) mass is 256 g/mol. The molecule has 0 saturated carbocycles. The molecule has 1 N–H and O–H groups in total. The maximum Gasteiger partial charge on any atom is 0.170 e. The Bertz CT molecular complexity index is 561. The van der Waals surface area contributed by atoms with Gasteiger partial charge in [0.1, 0.15) is 11.5 Å². The molecule has 2 aromatic rings. The number of hydrogen-bond acceptors (Lipinski definition) is 3. The summed E-state index contributed by atoms with van der Waals surface area (Å²) in [5.41, 5.74) is 1.26. The number of Topliss-reactive ketones (excluding diaryl/α,β-unsaturated/α-hetero) is 1. The van der Waals surface area contributed by atoms with Gasteiger partial charge in [-0.15, -0.1) is 0 Å². The van der Waals surface area contributed by atoms with Crippen LogP contribution in [0.1, 0.15) is 22.8 Å². The van der Waals surface area contributed by atoms with Gasteiger partial charge >= 0.3 is 0 Å². The summed E-state index contributed by atoms with van der Waals surface area (Å²) in [5.74, 6) is 0.426. The van der Waals surface area contributed by atoms with E-state index in [9.17, 15) is 9.90 Å². The molecule has 98 valence electrons. The predicted molar refractivity (Wildman–Crippen MR) is 73.8 cm³/mol. The number of aromatic hydroxyl groups is 1. The molecule has 2 aromatic carbocycles. The first-order valence-corrected chi connectivity index (χ1v) is 6.23. The number of phenolic OH excluding ortho intramolecular Hbond substituents is 1. The molecule has 3 nitrogen and oxygen atoms in total. The molecule has 0 radical (unpaired) electrons. The Labute approximate surface area is 112 Å². The lowest BCUT2D eigenvalue weighted by molar-refractivity contribution is 0.0990. The second kappa shape index (κ2) is 6.05. The maximum absolute atomic E-state index is 12.1. The highest BCUT2D eigenvalue weighted by molar-refractivity contribution is 6.00. The number of benzene rings is 2. The van der Waals surface area contributed by atoms with Crippen molar-refractivity contribution in [1.29, 1.82) is 0 Å². The molecule has 2 rings (SSSR count). The number of ether oxygens (including phenoxy) is 1. The van der Waals surface area contributed by atoms with Crippen LogP contribution in [0.25, 0.3) is 0 Å². The Kier molecular flexibility index (Phi) is 4.18. The second-order valence-electron chi connectivity index (χ2n) is 4.20. The Balaban J connectivity index is 2.15. The summed E-state index contributed by atoms with van der Waals surface area (Å²) in [6.45, 7) is 2.39. The van der Waals surface area contributed by atoms with Gasteiger partial charge in [0, 0.05) is 12.5 Å². The van der Waals surface area contributed by atoms with Crippen LogP contribution < -0.4 is 4.74 Å². The average molecular weight is 256 g/mol. The highest BCUT2D eigenvalue weighted by Crippen LogP contribution is 2.24. The number of hydrogen-bond donors (Lipinski definition) is 1. The van der Waals surface area contributed by atoms with Gasteiger partial charge in [-0.05, 0) is 24.6 Å². The van der Waals surface area contributed by atoms with Crippen LogP contribution in [0.3, 0.4) is 0 Å². The van der Waals surface area contributed by atoms with Crippen molar-refractivity contribution < 1.29 is 14.6 Å². The van der Waals surface area contributed by atoms with Crippen LogP contribution >= 0.6 is 0 Å². The molecule has 0 atom stereocenters. The van der Waals surface area contributed by atoms with Crippen molar-refractivity contribution in [2.75, 3.05) is 6.61 Å². The standard InChI is InChI=1S/C16H16O3/c1-2-19-13-8-9-14(16(18)11-13)15(17)10-12-6-4-3-5-7-12/h3-9,11,18H,2,10H2,1H3. The summed E-state index contributed by atoms with van der Waals surface area (Å²) in [5, 5.41) is 9.87. The molecule has 0 fully saturated rings. The largest absolute Gasteiger partial charge is 0.507 e. The Morgan fingerprint density at radius 1 is 1.16 bits per heavy atom. The van der Waals surface area contributed by atoms with Gasteiger partial charge in [0.2, 0.25) is 0 Å². The van der Waals surface area contributed by atoms with E-state index in [2.05, 4.69) is 0 Å². The van der Waals surface area contributed by atoms with Gasteiger partial charge in [0.25, 0.3) is 0 Å². The summed E-state index contributed by atoms with van der Waals surface area (Å²) in [6, 6.07) is 14.2. The second-order valence-corrected chi connectivity index (χ2v) is 4.20. The first kappa shape index (κ1) is 13.1. The lowest BCUT2D eigenvalue weighted by Crippen LogP contribution is -2.04. The van der Waals surface area contributed by atoms with Crippen molar-refractivity contribution in [3.63, 3.8) is 0 Å². The van der Waals surface area contributed by atoms with Crippen molar-refractivity contribution in [1.82, 2.24) is 0 Å². The molecule has 0 aliphatic rings. The van der Waals surface area contributed by atoms with Gasteiger partial charge in [0.15, 0.2) is 5.78 Å². The SMILES string of the molecule is CCOc1ccc(C(=O)Cc2ccccc2)c(O)c1. The minimum Gasteiger partial charge on any atom is -0.507 e. The molecule has 0 saturated heterocycles. The zero-order chi connectivity index (χ0) is 13.7. The fourth-order valence-corrected chi connectivity index (χ4v) is 1.88. The molecule has 0 aliphatic carbocycles. The topological polar surface area (TPSA) is 46.5 Å². The average Bonchev–Trinajstić information content (AvgIpc) is 2.40. The molecule has 0 aliphatic heterocycles. The molecule has 19 heavy (non-hydrogen) atoms. The summed E-state index contributed by atoms with van der Waals surface area (Å²) in [6.07, 6.45) is 0.280. The van der Waals surface area contributed by atoms with Gasteiger partial charge in [-0.2, -0.15) is 0 Å². The Morgan fingerprint density at radius 2 is 1.89 bits per heavy atom. The number of rotatable bonds is 5. The molecule has 0 heterocycles. The number of ketones is 1. The smallest absolute Gasteiger partial charge is 0.170 e.